The van der Waals surface area contributed by atoms with Gasteiger partial charge in [0.2, 0.25) is 0 Å². The normalized spacial score (nSPS) is 15.1. The van der Waals surface area contributed by atoms with E-state index in [-0.39, 0.29) is 16.6 Å². The zero-order valence-corrected chi connectivity index (χ0v) is 13.2. The lowest BCUT2D eigenvalue weighted by Gasteiger charge is -2.31. The van der Waals surface area contributed by atoms with Gasteiger partial charge in [-0.25, -0.2) is 13.2 Å². The number of aromatic carboxylic acids is 1. The second-order valence-corrected chi connectivity index (χ2v) is 8.33. The highest BCUT2D eigenvalue weighted by Crippen LogP contribution is 2.28. The van der Waals surface area contributed by atoms with E-state index in [4.69, 9.17) is 5.11 Å². The van der Waals surface area contributed by atoms with Crippen molar-refractivity contribution in [2.75, 3.05) is 23.7 Å². The Balaban J connectivity index is 2.17. The van der Waals surface area contributed by atoms with Gasteiger partial charge in [-0.15, -0.1) is 0 Å². The van der Waals surface area contributed by atoms with Gasteiger partial charge in [0, 0.05) is 18.8 Å². The first-order valence-electron chi connectivity index (χ1n) is 7.14. The van der Waals surface area contributed by atoms with Crippen LogP contribution in [0.1, 0.15) is 36.2 Å². The summed E-state index contributed by atoms with van der Waals surface area (Å²) in [6, 6.07) is 5.07. The van der Waals surface area contributed by atoms with E-state index in [1.165, 1.54) is 0 Å². The monoisotopic (exact) mass is 311 g/mol. The van der Waals surface area contributed by atoms with Crippen LogP contribution in [0.5, 0.6) is 0 Å². The molecule has 1 N–H and O–H groups in total. The van der Waals surface area contributed by atoms with Crippen molar-refractivity contribution in [2.45, 2.75) is 31.9 Å². The standard InChI is InChI=1S/C15H21NO4S/c1-11(2)21(19,20)9-8-16-7-3-4-12-10-13(15(17)18)5-6-14(12)16/h5-6,10-11H,3-4,7-9H2,1-2H3,(H,17,18). The molecule has 0 aromatic heterocycles. The molecule has 21 heavy (non-hydrogen) atoms. The van der Waals surface area contributed by atoms with Crippen molar-refractivity contribution in [2.24, 2.45) is 0 Å². The van der Waals surface area contributed by atoms with E-state index in [9.17, 15) is 13.2 Å². The molecule has 0 amide bonds. The molecule has 2 rings (SSSR count). The van der Waals surface area contributed by atoms with E-state index in [2.05, 4.69) is 0 Å². The number of carboxylic acid groups (broad SMARTS) is 1. The Morgan fingerprint density at radius 2 is 2.10 bits per heavy atom. The van der Waals surface area contributed by atoms with Crippen LogP contribution in [-0.4, -0.2) is 43.6 Å². The number of fused-ring (bicyclic) bond motifs is 1. The minimum Gasteiger partial charge on any atom is -0.478 e. The minimum atomic E-state index is -3.06. The van der Waals surface area contributed by atoms with Crippen LogP contribution in [-0.2, 0) is 16.3 Å². The fourth-order valence-corrected chi connectivity index (χ4v) is 3.46. The number of sulfone groups is 1. The van der Waals surface area contributed by atoms with Crippen molar-refractivity contribution in [3.8, 4) is 0 Å². The molecule has 1 aliphatic heterocycles. The van der Waals surface area contributed by atoms with Crippen molar-refractivity contribution in [3.63, 3.8) is 0 Å². The molecule has 5 nitrogen and oxygen atoms in total. The molecule has 1 aromatic rings. The van der Waals surface area contributed by atoms with Crippen LogP contribution in [0.25, 0.3) is 0 Å². The summed E-state index contributed by atoms with van der Waals surface area (Å²) >= 11 is 0. The molecule has 0 bridgehead atoms. The first-order chi connectivity index (χ1) is 9.81. The number of benzene rings is 1. The SMILES string of the molecule is CC(C)S(=O)(=O)CCN1CCCc2cc(C(=O)O)ccc21. The number of carbonyl (C=O) groups is 1. The van der Waals surface area contributed by atoms with Crippen LogP contribution in [0.3, 0.4) is 0 Å². The van der Waals surface area contributed by atoms with Crippen LogP contribution < -0.4 is 4.90 Å². The Hall–Kier alpha value is -1.56. The van der Waals surface area contributed by atoms with E-state index >= 15 is 0 Å². The number of hydrogen-bond acceptors (Lipinski definition) is 4. The highest BCUT2D eigenvalue weighted by molar-refractivity contribution is 7.92. The molecule has 0 atom stereocenters. The molecule has 1 aliphatic rings. The van der Waals surface area contributed by atoms with Crippen molar-refractivity contribution < 1.29 is 18.3 Å². The predicted octanol–water partition coefficient (Wildman–Crippen LogP) is 1.96. The Labute approximate surface area is 125 Å². The number of aryl methyl sites for hydroxylation is 1. The Bertz CT molecular complexity index is 637. The van der Waals surface area contributed by atoms with E-state index < -0.39 is 15.8 Å². The van der Waals surface area contributed by atoms with Crippen molar-refractivity contribution in [3.05, 3.63) is 29.3 Å². The molecule has 0 unspecified atom stereocenters. The second kappa shape index (κ2) is 6.05. The van der Waals surface area contributed by atoms with Gasteiger partial charge in [0.25, 0.3) is 0 Å². The van der Waals surface area contributed by atoms with Crippen molar-refractivity contribution in [1.82, 2.24) is 0 Å². The topological polar surface area (TPSA) is 74.7 Å². The molecular weight excluding hydrogens is 290 g/mol. The van der Waals surface area contributed by atoms with Crippen LogP contribution in [0.15, 0.2) is 18.2 Å². The smallest absolute Gasteiger partial charge is 0.335 e. The molecule has 0 spiro atoms. The fraction of sp³-hybridized carbons (Fsp3) is 0.533. The molecule has 0 fully saturated rings. The number of carboxylic acids is 1. The van der Waals surface area contributed by atoms with Gasteiger partial charge in [0.05, 0.1) is 16.6 Å². The summed E-state index contributed by atoms with van der Waals surface area (Å²) in [6.07, 6.45) is 1.75. The Kier molecular flexibility index (Phi) is 4.56. The number of rotatable bonds is 5. The van der Waals surface area contributed by atoms with Gasteiger partial charge in [-0.2, -0.15) is 0 Å². The zero-order chi connectivity index (χ0) is 15.6. The van der Waals surface area contributed by atoms with Crippen LogP contribution in [0.2, 0.25) is 0 Å². The predicted molar refractivity (Wildman–Crippen MR) is 82.9 cm³/mol. The van der Waals surface area contributed by atoms with Crippen molar-refractivity contribution in [1.29, 1.82) is 0 Å². The highest BCUT2D eigenvalue weighted by Gasteiger charge is 2.22. The average Bonchev–Trinajstić information content (AvgIpc) is 2.44. The number of nitrogens with zero attached hydrogens (tertiary/aromatic N) is 1. The third-order valence-corrected chi connectivity index (χ3v) is 6.09. The summed E-state index contributed by atoms with van der Waals surface area (Å²) in [5.74, 6) is -0.803. The molecule has 1 heterocycles. The van der Waals surface area contributed by atoms with Crippen LogP contribution >= 0.6 is 0 Å². The quantitative estimate of drug-likeness (QED) is 0.899. The fourth-order valence-electron chi connectivity index (χ4n) is 2.51. The molecule has 1 aromatic carbocycles. The summed E-state index contributed by atoms with van der Waals surface area (Å²) in [7, 11) is -3.06. The van der Waals surface area contributed by atoms with Gasteiger partial charge < -0.3 is 10.0 Å². The van der Waals surface area contributed by atoms with Gasteiger partial charge in [-0.1, -0.05) is 0 Å². The Morgan fingerprint density at radius 3 is 2.71 bits per heavy atom. The molecule has 0 saturated carbocycles. The minimum absolute atomic E-state index is 0.130. The van der Waals surface area contributed by atoms with E-state index in [1.54, 1.807) is 32.0 Å². The van der Waals surface area contributed by atoms with Gasteiger partial charge in [-0.05, 0) is 50.5 Å². The van der Waals surface area contributed by atoms with E-state index in [1.807, 2.05) is 4.90 Å². The average molecular weight is 311 g/mol. The molecule has 0 saturated heterocycles. The van der Waals surface area contributed by atoms with Crippen LogP contribution in [0, 0.1) is 0 Å². The van der Waals surface area contributed by atoms with E-state index in [0.717, 1.165) is 30.6 Å². The maximum absolute atomic E-state index is 11.9. The summed E-state index contributed by atoms with van der Waals surface area (Å²) in [4.78, 5) is 13.1. The van der Waals surface area contributed by atoms with Crippen molar-refractivity contribution >= 4 is 21.5 Å². The number of hydrogen-bond donors (Lipinski definition) is 1. The van der Waals surface area contributed by atoms with Gasteiger partial charge >= 0.3 is 5.97 Å². The lowest BCUT2D eigenvalue weighted by Crippen LogP contribution is -2.35. The van der Waals surface area contributed by atoms with Gasteiger partial charge in [0.1, 0.15) is 0 Å². The van der Waals surface area contributed by atoms with E-state index in [0.29, 0.717) is 6.54 Å². The summed E-state index contributed by atoms with van der Waals surface area (Å²) in [5, 5.41) is 8.67. The third-order valence-electron chi connectivity index (χ3n) is 3.91. The molecule has 0 aliphatic carbocycles. The lowest BCUT2D eigenvalue weighted by molar-refractivity contribution is 0.0696. The third kappa shape index (κ3) is 3.56. The van der Waals surface area contributed by atoms with Gasteiger partial charge in [0.15, 0.2) is 9.84 Å². The maximum Gasteiger partial charge on any atom is 0.335 e. The summed E-state index contributed by atoms with van der Waals surface area (Å²) < 4.78 is 23.8. The largest absolute Gasteiger partial charge is 0.478 e. The summed E-state index contributed by atoms with van der Waals surface area (Å²) in [5.41, 5.74) is 2.23. The molecule has 116 valence electrons. The maximum atomic E-state index is 11.9. The highest BCUT2D eigenvalue weighted by atomic mass is 32.2. The summed E-state index contributed by atoms with van der Waals surface area (Å²) in [6.45, 7) is 4.66. The lowest BCUT2D eigenvalue weighted by atomic mass is 9.99. The van der Waals surface area contributed by atoms with Gasteiger partial charge in [-0.3, -0.25) is 0 Å². The van der Waals surface area contributed by atoms with Crippen LogP contribution in [0.4, 0.5) is 5.69 Å². The molecular formula is C15H21NO4S. The second-order valence-electron chi connectivity index (χ2n) is 5.65. The first-order valence-corrected chi connectivity index (χ1v) is 8.85. The molecule has 6 heteroatoms. The zero-order valence-electron chi connectivity index (χ0n) is 12.4. The first kappa shape index (κ1) is 15.8. The molecule has 0 radical (unpaired) electrons. The Morgan fingerprint density at radius 1 is 1.38 bits per heavy atom. The number of anilines is 1.